The molecule has 2 aromatic rings. The third-order valence-corrected chi connectivity index (χ3v) is 8.86. The minimum atomic E-state index is 0.0540. The highest BCUT2D eigenvalue weighted by atomic mass is 35.5. The maximum atomic E-state index is 6.35. The van der Waals surface area contributed by atoms with Gasteiger partial charge in [-0.1, -0.05) is 50.4 Å². The lowest BCUT2D eigenvalue weighted by Crippen LogP contribution is -2.41. The Morgan fingerprint density at radius 1 is 0.973 bits per heavy atom. The van der Waals surface area contributed by atoms with Gasteiger partial charge in [-0.3, -0.25) is 0 Å². The minimum absolute atomic E-state index is 0.0540. The van der Waals surface area contributed by atoms with E-state index >= 15 is 0 Å². The summed E-state index contributed by atoms with van der Waals surface area (Å²) < 4.78 is 0. The summed E-state index contributed by atoms with van der Waals surface area (Å²) in [5.41, 5.74) is 1.35. The maximum Gasteiger partial charge on any atom is 0.232 e. The standard InChI is InChI=1S/C29H41ClN6S/c1-21-15-22(2)19-36(18-21)26-17-25(35-13-6-3-7-14-35)32-27(33-26)34-28(37)31-20-29(11-4-5-12-29)23-9-8-10-24(30)16-23/h8-10,16-17,21-22H,3-7,11-15,18-20H2,1-2H3,(H2,31,32,33,34,37). The average molecular weight is 541 g/mol. The van der Waals surface area contributed by atoms with Crippen LogP contribution in [-0.2, 0) is 5.41 Å². The number of rotatable bonds is 6. The summed E-state index contributed by atoms with van der Waals surface area (Å²) in [6.07, 6.45) is 9.73. The molecule has 2 saturated heterocycles. The SMILES string of the molecule is CC1CC(C)CN(c2cc(N3CCCCC3)nc(NC(=S)NCC3(c4cccc(Cl)c4)CCCC3)n2)C1. The van der Waals surface area contributed by atoms with Gasteiger partial charge in [0.2, 0.25) is 5.95 Å². The summed E-state index contributed by atoms with van der Waals surface area (Å²) in [5.74, 6) is 3.91. The van der Waals surface area contributed by atoms with Crippen molar-refractivity contribution in [1.82, 2.24) is 15.3 Å². The van der Waals surface area contributed by atoms with Crippen molar-refractivity contribution in [3.05, 3.63) is 40.9 Å². The molecule has 3 heterocycles. The number of aromatic nitrogens is 2. The largest absolute Gasteiger partial charge is 0.361 e. The number of hydrogen-bond donors (Lipinski definition) is 2. The predicted octanol–water partition coefficient (Wildman–Crippen LogP) is 6.40. The average Bonchev–Trinajstić information content (AvgIpc) is 3.38. The quantitative estimate of drug-likeness (QED) is 0.411. The molecule has 200 valence electrons. The van der Waals surface area contributed by atoms with Crippen molar-refractivity contribution in [2.75, 3.05) is 47.8 Å². The van der Waals surface area contributed by atoms with E-state index in [9.17, 15) is 0 Å². The van der Waals surface area contributed by atoms with Gasteiger partial charge in [0.15, 0.2) is 5.11 Å². The maximum absolute atomic E-state index is 6.35. The topological polar surface area (TPSA) is 56.3 Å². The molecule has 37 heavy (non-hydrogen) atoms. The molecule has 3 fully saturated rings. The van der Waals surface area contributed by atoms with Crippen LogP contribution in [0.25, 0.3) is 0 Å². The first-order chi connectivity index (χ1) is 17.9. The summed E-state index contributed by atoms with van der Waals surface area (Å²) in [6, 6.07) is 10.5. The first kappa shape index (κ1) is 26.5. The second-order valence-corrected chi connectivity index (χ2v) is 12.5. The molecule has 2 unspecified atom stereocenters. The molecule has 5 rings (SSSR count). The van der Waals surface area contributed by atoms with E-state index in [0.717, 1.165) is 62.2 Å². The number of halogens is 1. The normalized spacial score (nSPS) is 23.6. The molecule has 1 aliphatic carbocycles. The lowest BCUT2D eigenvalue weighted by Gasteiger charge is -2.36. The van der Waals surface area contributed by atoms with Crippen LogP contribution in [0.4, 0.5) is 17.6 Å². The molecule has 0 amide bonds. The van der Waals surface area contributed by atoms with Crippen molar-refractivity contribution in [3.8, 4) is 0 Å². The van der Waals surface area contributed by atoms with E-state index < -0.39 is 0 Å². The van der Waals surface area contributed by atoms with Crippen LogP contribution in [0.15, 0.2) is 30.3 Å². The van der Waals surface area contributed by atoms with Gasteiger partial charge in [0.1, 0.15) is 11.6 Å². The van der Waals surface area contributed by atoms with Crippen LogP contribution >= 0.6 is 23.8 Å². The highest BCUT2D eigenvalue weighted by Gasteiger charge is 2.36. The Labute approximate surface area is 232 Å². The Morgan fingerprint density at radius 2 is 1.65 bits per heavy atom. The summed E-state index contributed by atoms with van der Waals surface area (Å²) in [5, 5.41) is 8.23. The van der Waals surface area contributed by atoms with E-state index in [4.69, 9.17) is 33.8 Å². The molecule has 1 aromatic carbocycles. The Kier molecular flexibility index (Phi) is 8.40. The molecular formula is C29H41ClN6S. The minimum Gasteiger partial charge on any atom is -0.361 e. The zero-order valence-corrected chi connectivity index (χ0v) is 23.9. The number of hydrogen-bond acceptors (Lipinski definition) is 5. The van der Waals surface area contributed by atoms with Crippen LogP contribution in [0.1, 0.15) is 70.8 Å². The Bertz CT molecular complexity index is 1070. The van der Waals surface area contributed by atoms with Gasteiger partial charge >= 0.3 is 0 Å². The second-order valence-electron chi connectivity index (χ2n) is 11.6. The highest BCUT2D eigenvalue weighted by Crippen LogP contribution is 2.41. The second kappa shape index (κ2) is 11.7. The van der Waals surface area contributed by atoms with Crippen molar-refractivity contribution in [3.63, 3.8) is 0 Å². The van der Waals surface area contributed by atoms with Gasteiger partial charge in [-0.05, 0) is 80.3 Å². The number of nitrogens with zero attached hydrogens (tertiary/aromatic N) is 4. The van der Waals surface area contributed by atoms with Crippen LogP contribution in [-0.4, -0.2) is 47.8 Å². The van der Waals surface area contributed by atoms with E-state index in [1.54, 1.807) is 0 Å². The Morgan fingerprint density at radius 3 is 2.32 bits per heavy atom. The molecule has 2 N–H and O–H groups in total. The van der Waals surface area contributed by atoms with Crippen molar-refractivity contribution in [2.45, 2.75) is 70.6 Å². The molecule has 1 saturated carbocycles. The van der Waals surface area contributed by atoms with Crippen LogP contribution in [0, 0.1) is 11.8 Å². The van der Waals surface area contributed by atoms with Crippen LogP contribution in [0.3, 0.4) is 0 Å². The fourth-order valence-corrected chi connectivity index (χ4v) is 6.96. The molecule has 2 aliphatic heterocycles. The van der Waals surface area contributed by atoms with Gasteiger partial charge in [0, 0.05) is 49.2 Å². The van der Waals surface area contributed by atoms with Crippen molar-refractivity contribution in [1.29, 1.82) is 0 Å². The molecule has 0 radical (unpaired) electrons. The highest BCUT2D eigenvalue weighted by molar-refractivity contribution is 7.80. The lowest BCUT2D eigenvalue weighted by molar-refractivity contribution is 0.355. The molecule has 0 bridgehead atoms. The van der Waals surface area contributed by atoms with E-state index in [2.05, 4.69) is 58.5 Å². The molecule has 6 nitrogen and oxygen atoms in total. The third kappa shape index (κ3) is 6.48. The number of piperidine rings is 2. The van der Waals surface area contributed by atoms with Crippen LogP contribution in [0.2, 0.25) is 5.02 Å². The molecule has 2 atom stereocenters. The molecule has 1 aromatic heterocycles. The summed E-state index contributed by atoms with van der Waals surface area (Å²) in [7, 11) is 0. The van der Waals surface area contributed by atoms with Gasteiger partial charge in [0.05, 0.1) is 0 Å². The fourth-order valence-electron chi connectivity index (χ4n) is 6.61. The summed E-state index contributed by atoms with van der Waals surface area (Å²) in [6.45, 7) is 9.62. The third-order valence-electron chi connectivity index (χ3n) is 8.38. The predicted molar refractivity (Wildman–Crippen MR) is 159 cm³/mol. The Hall–Kier alpha value is -2.12. The van der Waals surface area contributed by atoms with Gasteiger partial charge in [-0.2, -0.15) is 9.97 Å². The zero-order valence-electron chi connectivity index (χ0n) is 22.3. The smallest absolute Gasteiger partial charge is 0.232 e. The summed E-state index contributed by atoms with van der Waals surface area (Å²) >= 11 is 12.1. The first-order valence-electron chi connectivity index (χ1n) is 14.1. The zero-order chi connectivity index (χ0) is 25.8. The van der Waals surface area contributed by atoms with Crippen LogP contribution in [0.5, 0.6) is 0 Å². The summed E-state index contributed by atoms with van der Waals surface area (Å²) in [4.78, 5) is 14.7. The van der Waals surface area contributed by atoms with E-state index in [-0.39, 0.29) is 5.41 Å². The van der Waals surface area contributed by atoms with Crippen molar-refractivity contribution in [2.24, 2.45) is 11.8 Å². The van der Waals surface area contributed by atoms with Gasteiger partial charge in [-0.15, -0.1) is 0 Å². The molecule has 0 spiro atoms. The first-order valence-corrected chi connectivity index (χ1v) is 14.9. The monoisotopic (exact) mass is 540 g/mol. The number of anilines is 3. The van der Waals surface area contributed by atoms with Gasteiger partial charge in [-0.25, -0.2) is 0 Å². The Balaban J connectivity index is 1.33. The van der Waals surface area contributed by atoms with Gasteiger partial charge in [0.25, 0.3) is 0 Å². The molecular weight excluding hydrogens is 500 g/mol. The van der Waals surface area contributed by atoms with Gasteiger partial charge < -0.3 is 20.4 Å². The number of benzene rings is 1. The van der Waals surface area contributed by atoms with Crippen molar-refractivity contribution >= 4 is 46.5 Å². The lowest BCUT2D eigenvalue weighted by atomic mass is 9.79. The molecule has 8 heteroatoms. The molecule has 3 aliphatic rings. The van der Waals surface area contributed by atoms with Crippen LogP contribution < -0.4 is 20.4 Å². The van der Waals surface area contributed by atoms with E-state index in [1.165, 1.54) is 44.1 Å². The van der Waals surface area contributed by atoms with E-state index in [0.29, 0.717) is 22.9 Å². The van der Waals surface area contributed by atoms with Crippen molar-refractivity contribution < 1.29 is 0 Å². The van der Waals surface area contributed by atoms with E-state index in [1.807, 2.05) is 6.07 Å². The number of thiocarbonyl (C=S) groups is 1. The fraction of sp³-hybridized carbons (Fsp3) is 0.621. The number of nitrogens with one attached hydrogen (secondary N) is 2.